The fourth-order valence-corrected chi connectivity index (χ4v) is 2.35. The molecule has 116 valence electrons. The molecule has 0 radical (unpaired) electrons. The van der Waals surface area contributed by atoms with Crippen molar-refractivity contribution in [3.63, 3.8) is 0 Å². The largest absolute Gasteiger partial charge is 0.496 e. The van der Waals surface area contributed by atoms with Gasteiger partial charge in [0.05, 0.1) is 23.0 Å². The Hall–Kier alpha value is -0.465. The number of nitrogens with zero attached hydrogens (tertiary/aromatic N) is 1. The van der Waals surface area contributed by atoms with Gasteiger partial charge in [-0.2, -0.15) is 0 Å². The van der Waals surface area contributed by atoms with Gasteiger partial charge in [-0.3, -0.25) is 4.98 Å². The summed E-state index contributed by atoms with van der Waals surface area (Å²) in [7, 11) is -0.477. The molecule has 0 aliphatic carbocycles. The van der Waals surface area contributed by atoms with Gasteiger partial charge in [-0.15, -0.1) is 0 Å². The van der Waals surface area contributed by atoms with Crippen molar-refractivity contribution in [2.75, 3.05) is 5.33 Å². The van der Waals surface area contributed by atoms with E-state index in [9.17, 15) is 10.2 Å². The van der Waals surface area contributed by atoms with E-state index in [4.69, 9.17) is 9.31 Å². The molecule has 2 N–H and O–H groups in total. The van der Waals surface area contributed by atoms with Crippen molar-refractivity contribution < 1.29 is 19.5 Å². The number of alkyl halides is 1. The fourth-order valence-electron chi connectivity index (χ4n) is 1.99. The molecule has 0 amide bonds. The topological polar surface area (TPSA) is 71.8 Å². The molecule has 2 unspecified atom stereocenters. The minimum atomic E-state index is -1.02. The maximum absolute atomic E-state index is 9.91. The number of hydrogen-bond acceptors (Lipinski definition) is 5. The van der Waals surface area contributed by atoms with Gasteiger partial charge in [0.25, 0.3) is 0 Å². The van der Waals surface area contributed by atoms with E-state index in [1.807, 2.05) is 27.7 Å². The highest BCUT2D eigenvalue weighted by molar-refractivity contribution is 9.09. The predicted octanol–water partition coefficient (Wildman–Crippen LogP) is 1.17. The second-order valence-corrected chi connectivity index (χ2v) is 6.92. The summed E-state index contributed by atoms with van der Waals surface area (Å²) in [5, 5.41) is 19.8. The maximum Gasteiger partial charge on any atom is 0.496 e. The minimum Gasteiger partial charge on any atom is -0.399 e. The third-order valence-corrected chi connectivity index (χ3v) is 4.82. The summed E-state index contributed by atoms with van der Waals surface area (Å²) in [6, 6.07) is 3.48. The lowest BCUT2D eigenvalue weighted by atomic mass is 9.80. The van der Waals surface area contributed by atoms with Crippen LogP contribution < -0.4 is 5.46 Å². The van der Waals surface area contributed by atoms with Crippen LogP contribution >= 0.6 is 15.9 Å². The summed E-state index contributed by atoms with van der Waals surface area (Å²) in [4.78, 5) is 4.20. The van der Waals surface area contributed by atoms with Crippen molar-refractivity contribution in [1.82, 2.24) is 4.98 Å². The zero-order valence-corrected chi connectivity index (χ0v) is 14.3. The lowest BCUT2D eigenvalue weighted by Crippen LogP contribution is -2.41. The van der Waals surface area contributed by atoms with E-state index in [-0.39, 0.29) is 5.33 Å². The standard InChI is InChI=1S/C14H21BBrNO4/c1-13(2)14(3,4)21-15(20-13)9-5-6-10(17-8-9)12(19)11(18)7-16/h5-6,8,11-12,18-19H,7H2,1-4H3. The first-order valence-electron chi connectivity index (χ1n) is 6.91. The number of rotatable bonds is 4. The van der Waals surface area contributed by atoms with E-state index in [1.54, 1.807) is 18.3 Å². The lowest BCUT2D eigenvalue weighted by Gasteiger charge is -2.32. The van der Waals surface area contributed by atoms with Crippen LogP contribution in [0.5, 0.6) is 0 Å². The number of aromatic nitrogens is 1. The maximum atomic E-state index is 9.91. The summed E-state index contributed by atoms with van der Waals surface area (Å²) < 4.78 is 11.9. The van der Waals surface area contributed by atoms with Gasteiger partial charge < -0.3 is 19.5 Å². The van der Waals surface area contributed by atoms with Crippen molar-refractivity contribution >= 4 is 28.5 Å². The molecule has 0 saturated carbocycles. The van der Waals surface area contributed by atoms with E-state index < -0.39 is 30.5 Å². The Kier molecular flexibility index (Phi) is 4.80. The second-order valence-electron chi connectivity index (χ2n) is 6.27. The molecule has 1 aliphatic heterocycles. The van der Waals surface area contributed by atoms with Crippen LogP contribution in [-0.4, -0.2) is 45.0 Å². The first-order chi connectivity index (χ1) is 9.68. The Labute approximate surface area is 134 Å². The number of aliphatic hydroxyl groups is 2. The van der Waals surface area contributed by atoms with Crippen LogP contribution in [0.4, 0.5) is 0 Å². The van der Waals surface area contributed by atoms with Gasteiger partial charge in [0, 0.05) is 17.0 Å². The molecular formula is C14H21BBrNO4. The van der Waals surface area contributed by atoms with E-state index in [0.29, 0.717) is 5.69 Å². The van der Waals surface area contributed by atoms with Crippen LogP contribution in [0.15, 0.2) is 18.3 Å². The molecule has 0 spiro atoms. The molecule has 1 aromatic heterocycles. The Morgan fingerprint density at radius 3 is 2.19 bits per heavy atom. The van der Waals surface area contributed by atoms with Gasteiger partial charge in [-0.05, 0) is 33.8 Å². The SMILES string of the molecule is CC1(C)OB(c2ccc(C(O)C(O)CBr)nc2)OC1(C)C. The molecule has 1 aromatic rings. The zero-order valence-electron chi connectivity index (χ0n) is 12.7. The molecule has 2 atom stereocenters. The monoisotopic (exact) mass is 357 g/mol. The van der Waals surface area contributed by atoms with E-state index >= 15 is 0 Å². The summed E-state index contributed by atoms with van der Waals surface area (Å²) in [5.74, 6) is 0. The number of aliphatic hydroxyl groups excluding tert-OH is 2. The quantitative estimate of drug-likeness (QED) is 0.625. The normalized spacial score (nSPS) is 23.1. The van der Waals surface area contributed by atoms with Gasteiger partial charge in [-0.1, -0.05) is 22.0 Å². The molecule has 2 heterocycles. The summed E-state index contributed by atoms with van der Waals surface area (Å²) in [6.45, 7) is 7.96. The van der Waals surface area contributed by atoms with Gasteiger partial charge >= 0.3 is 7.12 Å². The van der Waals surface area contributed by atoms with E-state index in [1.165, 1.54) is 0 Å². The smallest absolute Gasteiger partial charge is 0.399 e. The van der Waals surface area contributed by atoms with Gasteiger partial charge in [0.1, 0.15) is 6.10 Å². The molecule has 2 rings (SSSR count). The highest BCUT2D eigenvalue weighted by atomic mass is 79.9. The van der Waals surface area contributed by atoms with Crippen molar-refractivity contribution in [2.24, 2.45) is 0 Å². The lowest BCUT2D eigenvalue weighted by molar-refractivity contribution is 0.00578. The molecule has 0 bridgehead atoms. The zero-order chi connectivity index (χ0) is 15.8. The Morgan fingerprint density at radius 1 is 1.19 bits per heavy atom. The highest BCUT2D eigenvalue weighted by Gasteiger charge is 2.51. The predicted molar refractivity (Wildman–Crippen MR) is 84.7 cm³/mol. The third-order valence-electron chi connectivity index (χ3n) is 4.16. The number of pyridine rings is 1. The van der Waals surface area contributed by atoms with Crippen molar-refractivity contribution in [2.45, 2.75) is 51.1 Å². The molecule has 21 heavy (non-hydrogen) atoms. The molecule has 1 fully saturated rings. The van der Waals surface area contributed by atoms with Crippen LogP contribution in [0, 0.1) is 0 Å². The van der Waals surface area contributed by atoms with Crippen LogP contribution in [0.3, 0.4) is 0 Å². The number of hydrogen-bond donors (Lipinski definition) is 2. The van der Waals surface area contributed by atoms with Gasteiger partial charge in [0.2, 0.25) is 0 Å². The summed E-state index contributed by atoms with van der Waals surface area (Å²) >= 11 is 3.13. The molecular weight excluding hydrogens is 337 g/mol. The molecule has 0 aromatic carbocycles. The van der Waals surface area contributed by atoms with Crippen LogP contribution in [-0.2, 0) is 9.31 Å². The van der Waals surface area contributed by atoms with E-state index in [0.717, 1.165) is 5.46 Å². The fraction of sp³-hybridized carbons (Fsp3) is 0.643. The van der Waals surface area contributed by atoms with Gasteiger partial charge in [-0.25, -0.2) is 0 Å². The Morgan fingerprint density at radius 2 is 1.76 bits per heavy atom. The van der Waals surface area contributed by atoms with Crippen molar-refractivity contribution in [1.29, 1.82) is 0 Å². The van der Waals surface area contributed by atoms with Gasteiger partial charge in [0.15, 0.2) is 0 Å². The minimum absolute atomic E-state index is 0.287. The third kappa shape index (κ3) is 3.32. The van der Waals surface area contributed by atoms with Crippen molar-refractivity contribution in [3.05, 3.63) is 24.0 Å². The second kappa shape index (κ2) is 5.97. The average molecular weight is 358 g/mol. The molecule has 5 nitrogen and oxygen atoms in total. The summed E-state index contributed by atoms with van der Waals surface area (Å²) in [6.07, 6.45) is -0.293. The Balaban J connectivity index is 2.14. The highest BCUT2D eigenvalue weighted by Crippen LogP contribution is 2.36. The van der Waals surface area contributed by atoms with Crippen LogP contribution in [0.25, 0.3) is 0 Å². The average Bonchev–Trinajstić information content (AvgIpc) is 2.66. The Bertz CT molecular complexity index is 478. The van der Waals surface area contributed by atoms with Crippen molar-refractivity contribution in [3.8, 4) is 0 Å². The summed E-state index contributed by atoms with van der Waals surface area (Å²) in [5.41, 5.74) is 0.407. The molecule has 1 aliphatic rings. The van der Waals surface area contributed by atoms with Crippen LogP contribution in [0.1, 0.15) is 39.5 Å². The molecule has 7 heteroatoms. The molecule has 1 saturated heterocycles. The first kappa shape index (κ1) is 16.9. The van der Waals surface area contributed by atoms with Crippen LogP contribution in [0.2, 0.25) is 0 Å². The van der Waals surface area contributed by atoms with E-state index in [2.05, 4.69) is 20.9 Å². The number of halogens is 1. The first-order valence-corrected chi connectivity index (χ1v) is 8.03.